The van der Waals surface area contributed by atoms with Gasteiger partial charge in [-0.1, -0.05) is 20.8 Å². The summed E-state index contributed by atoms with van der Waals surface area (Å²) < 4.78 is 5.79. The zero-order chi connectivity index (χ0) is 13.3. The summed E-state index contributed by atoms with van der Waals surface area (Å²) in [4.78, 5) is 0. The summed E-state index contributed by atoms with van der Waals surface area (Å²) in [6, 6.07) is 3.63. The van der Waals surface area contributed by atoms with E-state index < -0.39 is 5.79 Å². The van der Waals surface area contributed by atoms with Gasteiger partial charge in [0.2, 0.25) is 5.79 Å². The van der Waals surface area contributed by atoms with Crippen LogP contribution in [0.3, 0.4) is 0 Å². The number of phenols is 1. The van der Waals surface area contributed by atoms with Crippen molar-refractivity contribution in [2.45, 2.75) is 51.7 Å². The number of ether oxygens (including phenoxy) is 1. The molecule has 18 heavy (non-hydrogen) atoms. The number of aryl methyl sites for hydroxylation is 1. The van der Waals surface area contributed by atoms with Gasteiger partial charge in [0.25, 0.3) is 0 Å². The summed E-state index contributed by atoms with van der Waals surface area (Å²) in [5, 5.41) is 20.5. The zero-order valence-corrected chi connectivity index (χ0v) is 11.4. The highest BCUT2D eigenvalue weighted by Crippen LogP contribution is 2.63. The topological polar surface area (TPSA) is 49.7 Å². The van der Waals surface area contributed by atoms with Crippen LogP contribution in [0.2, 0.25) is 0 Å². The number of rotatable bonds is 0. The van der Waals surface area contributed by atoms with Gasteiger partial charge in [0, 0.05) is 23.8 Å². The van der Waals surface area contributed by atoms with Crippen LogP contribution in [0.25, 0.3) is 0 Å². The summed E-state index contributed by atoms with van der Waals surface area (Å²) in [5.41, 5.74) is 1.56. The van der Waals surface area contributed by atoms with E-state index in [2.05, 4.69) is 20.8 Å². The molecule has 1 aromatic carbocycles. The third-order valence-electron chi connectivity index (χ3n) is 5.03. The maximum absolute atomic E-state index is 10.5. The van der Waals surface area contributed by atoms with E-state index in [1.165, 1.54) is 0 Å². The third kappa shape index (κ3) is 1.28. The van der Waals surface area contributed by atoms with Gasteiger partial charge in [-0.05, 0) is 30.0 Å². The molecule has 0 radical (unpaired) electrons. The summed E-state index contributed by atoms with van der Waals surface area (Å²) in [5.74, 6) is -0.0480. The predicted molar refractivity (Wildman–Crippen MR) is 68.8 cm³/mol. The molecule has 0 amide bonds. The van der Waals surface area contributed by atoms with Crippen LogP contribution in [0, 0.1) is 12.3 Å². The van der Waals surface area contributed by atoms with Gasteiger partial charge in [-0.2, -0.15) is 0 Å². The van der Waals surface area contributed by atoms with Crippen LogP contribution in [0.4, 0.5) is 0 Å². The van der Waals surface area contributed by atoms with Gasteiger partial charge < -0.3 is 14.9 Å². The molecular weight excluding hydrogens is 228 g/mol. The van der Waals surface area contributed by atoms with Gasteiger partial charge in [0.1, 0.15) is 11.5 Å². The van der Waals surface area contributed by atoms with Crippen molar-refractivity contribution in [1.29, 1.82) is 0 Å². The Bertz CT molecular complexity index is 535. The lowest BCUT2D eigenvalue weighted by Crippen LogP contribution is -2.40. The molecule has 1 fully saturated rings. The van der Waals surface area contributed by atoms with Crippen LogP contribution in [0.5, 0.6) is 11.5 Å². The molecule has 0 saturated heterocycles. The van der Waals surface area contributed by atoms with Crippen molar-refractivity contribution >= 4 is 0 Å². The molecule has 1 aromatic rings. The van der Waals surface area contributed by atoms with Crippen molar-refractivity contribution in [2.24, 2.45) is 5.41 Å². The molecule has 2 N–H and O–H groups in total. The van der Waals surface area contributed by atoms with Crippen LogP contribution in [0.15, 0.2) is 12.1 Å². The summed E-state index contributed by atoms with van der Waals surface area (Å²) in [6.45, 7) is 8.30. The Morgan fingerprint density at radius 2 is 1.83 bits per heavy atom. The first-order valence-electron chi connectivity index (χ1n) is 6.42. The fourth-order valence-corrected chi connectivity index (χ4v) is 3.66. The first-order chi connectivity index (χ1) is 8.17. The van der Waals surface area contributed by atoms with Crippen LogP contribution < -0.4 is 4.74 Å². The average molecular weight is 248 g/mol. The second kappa shape index (κ2) is 3.02. The molecular formula is C15H20O3. The Morgan fingerprint density at radius 1 is 1.17 bits per heavy atom. The molecule has 1 aliphatic carbocycles. The van der Waals surface area contributed by atoms with Crippen molar-refractivity contribution in [3.05, 3.63) is 23.3 Å². The van der Waals surface area contributed by atoms with Crippen molar-refractivity contribution in [1.82, 2.24) is 0 Å². The second-order valence-corrected chi connectivity index (χ2v) is 6.75. The smallest absolute Gasteiger partial charge is 0.209 e. The molecule has 0 aromatic heterocycles. The van der Waals surface area contributed by atoms with E-state index in [9.17, 15) is 10.2 Å². The van der Waals surface area contributed by atoms with Crippen LogP contribution in [-0.2, 0) is 5.41 Å². The highest BCUT2D eigenvalue weighted by atomic mass is 16.6. The first-order valence-corrected chi connectivity index (χ1v) is 6.42. The molecule has 2 bridgehead atoms. The van der Waals surface area contributed by atoms with E-state index in [4.69, 9.17) is 4.74 Å². The minimum atomic E-state index is -1.06. The van der Waals surface area contributed by atoms with Gasteiger partial charge in [-0.3, -0.25) is 0 Å². The number of fused-ring (bicyclic) bond motifs is 4. The Labute approximate surface area is 107 Å². The van der Waals surface area contributed by atoms with Crippen molar-refractivity contribution in [3.63, 3.8) is 0 Å². The molecule has 3 heteroatoms. The summed E-state index contributed by atoms with van der Waals surface area (Å²) >= 11 is 0. The number of aromatic hydroxyl groups is 1. The van der Waals surface area contributed by atoms with Crippen LogP contribution in [0.1, 0.15) is 44.7 Å². The molecule has 0 spiro atoms. The largest absolute Gasteiger partial charge is 0.508 e. The van der Waals surface area contributed by atoms with Gasteiger partial charge >= 0.3 is 0 Å². The molecule has 2 atom stereocenters. The van der Waals surface area contributed by atoms with Gasteiger partial charge in [-0.15, -0.1) is 0 Å². The lowest BCUT2D eigenvalue weighted by Gasteiger charge is -2.41. The molecule has 1 aliphatic heterocycles. The molecule has 3 rings (SSSR count). The van der Waals surface area contributed by atoms with Gasteiger partial charge in [-0.25, -0.2) is 0 Å². The highest BCUT2D eigenvalue weighted by molar-refractivity contribution is 5.52. The first kappa shape index (κ1) is 11.8. The van der Waals surface area contributed by atoms with E-state index in [-0.39, 0.29) is 10.8 Å². The Kier molecular flexibility index (Phi) is 1.99. The van der Waals surface area contributed by atoms with E-state index in [1.54, 1.807) is 6.07 Å². The van der Waals surface area contributed by atoms with Crippen molar-refractivity contribution in [2.75, 3.05) is 0 Å². The third-order valence-corrected chi connectivity index (χ3v) is 5.03. The number of hydrogen-bond acceptors (Lipinski definition) is 3. The maximum atomic E-state index is 10.5. The van der Waals surface area contributed by atoms with Crippen molar-refractivity contribution < 1.29 is 14.9 Å². The van der Waals surface area contributed by atoms with Crippen LogP contribution >= 0.6 is 0 Å². The van der Waals surface area contributed by atoms with Gasteiger partial charge in [0.15, 0.2) is 0 Å². The Morgan fingerprint density at radius 3 is 2.50 bits per heavy atom. The number of benzene rings is 1. The number of aliphatic hydroxyl groups is 1. The highest BCUT2D eigenvalue weighted by Gasteiger charge is 2.62. The second-order valence-electron chi connectivity index (χ2n) is 6.75. The van der Waals surface area contributed by atoms with E-state index in [1.807, 2.05) is 13.0 Å². The monoisotopic (exact) mass is 248 g/mol. The normalized spacial score (nSPS) is 36.1. The number of hydrogen-bond donors (Lipinski definition) is 2. The molecule has 3 nitrogen and oxygen atoms in total. The summed E-state index contributed by atoms with van der Waals surface area (Å²) in [7, 11) is 0. The predicted octanol–water partition coefficient (Wildman–Crippen LogP) is 2.86. The minimum absolute atomic E-state index is 0.0608. The van der Waals surface area contributed by atoms with Gasteiger partial charge in [0.05, 0.1) is 0 Å². The Balaban J connectivity index is 2.27. The molecule has 1 heterocycles. The lowest BCUT2D eigenvalue weighted by molar-refractivity contribution is -0.142. The Hall–Kier alpha value is -1.22. The molecule has 98 valence electrons. The zero-order valence-electron chi connectivity index (χ0n) is 11.4. The molecule has 1 saturated carbocycles. The van der Waals surface area contributed by atoms with E-state index in [0.29, 0.717) is 24.3 Å². The molecule has 2 aliphatic rings. The van der Waals surface area contributed by atoms with Crippen molar-refractivity contribution in [3.8, 4) is 11.5 Å². The summed E-state index contributed by atoms with van der Waals surface area (Å²) in [6.07, 6.45) is 1.20. The fourth-order valence-electron chi connectivity index (χ4n) is 3.66. The quantitative estimate of drug-likeness (QED) is 0.742. The maximum Gasteiger partial charge on any atom is 0.209 e. The van der Waals surface area contributed by atoms with Crippen LogP contribution in [-0.4, -0.2) is 16.0 Å². The molecule has 2 unspecified atom stereocenters. The minimum Gasteiger partial charge on any atom is -0.508 e. The van der Waals surface area contributed by atoms with E-state index in [0.717, 1.165) is 11.1 Å². The average Bonchev–Trinajstić information content (AvgIpc) is 2.34. The standard InChI is InChI=1S/C15H20O3/c1-9-5-12-10(6-11(9)16)14(4)8-15(17,18-12)7-13(14,2)3/h5-6,16-17H,7-8H2,1-4H3. The van der Waals surface area contributed by atoms with E-state index >= 15 is 0 Å². The SMILES string of the molecule is Cc1cc2c(cc1O)C1(C)CC(O)(CC1(C)C)O2. The fraction of sp³-hybridized carbons (Fsp3) is 0.600. The number of phenolic OH excluding ortho intramolecular Hbond substituents is 1. The lowest BCUT2D eigenvalue weighted by atomic mass is 9.65.